The molecule has 0 N–H and O–H groups in total. The predicted molar refractivity (Wildman–Crippen MR) is 88.4 cm³/mol. The fourth-order valence-corrected chi connectivity index (χ4v) is 4.18. The van der Waals surface area contributed by atoms with Crippen molar-refractivity contribution in [3.63, 3.8) is 0 Å². The molecule has 0 bridgehead atoms. The van der Waals surface area contributed by atoms with Crippen molar-refractivity contribution in [2.45, 2.75) is 17.9 Å². The van der Waals surface area contributed by atoms with Gasteiger partial charge in [0.05, 0.1) is 10.9 Å². The van der Waals surface area contributed by atoms with Crippen LogP contribution in [-0.2, 0) is 10.0 Å². The summed E-state index contributed by atoms with van der Waals surface area (Å²) in [6, 6.07) is 13.9. The van der Waals surface area contributed by atoms with Crippen molar-refractivity contribution < 1.29 is 8.42 Å². The van der Waals surface area contributed by atoms with Gasteiger partial charge in [-0.1, -0.05) is 53.6 Å². The lowest BCUT2D eigenvalue weighted by Gasteiger charge is -2.24. The molecular formula is C17H16ClNO2S. The minimum absolute atomic E-state index is 0.288. The van der Waals surface area contributed by atoms with Crippen LogP contribution in [0.3, 0.4) is 0 Å². The summed E-state index contributed by atoms with van der Waals surface area (Å²) in [6.07, 6.45) is 3.79. The zero-order chi connectivity index (χ0) is 15.7. The molecule has 1 aliphatic heterocycles. The molecule has 1 aliphatic rings. The number of nitrogens with zero attached hydrogens (tertiary/aromatic N) is 1. The third-order valence-electron chi connectivity index (χ3n) is 3.75. The molecule has 2 aromatic carbocycles. The van der Waals surface area contributed by atoms with Crippen molar-refractivity contribution in [2.75, 3.05) is 6.54 Å². The maximum atomic E-state index is 12.9. The van der Waals surface area contributed by atoms with Crippen molar-refractivity contribution >= 4 is 21.6 Å². The van der Waals surface area contributed by atoms with Gasteiger partial charge in [0.25, 0.3) is 0 Å². The summed E-state index contributed by atoms with van der Waals surface area (Å²) >= 11 is 5.91. The van der Waals surface area contributed by atoms with Gasteiger partial charge in [0.2, 0.25) is 10.0 Å². The first kappa shape index (κ1) is 15.3. The van der Waals surface area contributed by atoms with Crippen molar-refractivity contribution in [3.8, 4) is 0 Å². The minimum Gasteiger partial charge on any atom is -0.207 e. The molecule has 3 rings (SSSR count). The van der Waals surface area contributed by atoms with Gasteiger partial charge in [-0.3, -0.25) is 0 Å². The summed E-state index contributed by atoms with van der Waals surface area (Å²) in [5.41, 5.74) is 1.95. The third kappa shape index (κ3) is 2.82. The van der Waals surface area contributed by atoms with Gasteiger partial charge in [0.15, 0.2) is 0 Å². The summed E-state index contributed by atoms with van der Waals surface area (Å²) < 4.78 is 27.2. The lowest BCUT2D eigenvalue weighted by Crippen LogP contribution is -2.31. The van der Waals surface area contributed by atoms with E-state index in [0.717, 1.165) is 11.1 Å². The maximum absolute atomic E-state index is 12.9. The van der Waals surface area contributed by atoms with Crippen molar-refractivity contribution in [2.24, 2.45) is 0 Å². The molecule has 0 aliphatic carbocycles. The second-order valence-corrected chi connectivity index (χ2v) is 7.64. The Kier molecular flexibility index (Phi) is 4.08. The van der Waals surface area contributed by atoms with Gasteiger partial charge >= 0.3 is 0 Å². The van der Waals surface area contributed by atoms with Gasteiger partial charge in [-0.15, -0.1) is 0 Å². The number of benzene rings is 2. The average Bonchev–Trinajstić information content (AvgIpc) is 2.99. The Balaban J connectivity index is 1.96. The van der Waals surface area contributed by atoms with Gasteiger partial charge < -0.3 is 0 Å². The van der Waals surface area contributed by atoms with Crippen LogP contribution in [0.1, 0.15) is 17.2 Å². The smallest absolute Gasteiger partial charge is 0.207 e. The fourth-order valence-electron chi connectivity index (χ4n) is 2.53. The average molecular weight is 334 g/mol. The third-order valence-corrected chi connectivity index (χ3v) is 5.87. The normalized spacial score (nSPS) is 18.7. The van der Waals surface area contributed by atoms with Crippen molar-refractivity contribution in [1.29, 1.82) is 0 Å². The lowest BCUT2D eigenvalue weighted by atomic mass is 10.1. The standard InChI is InChI=1S/C17H16ClNO2S/c1-13-4-10-16(11-5-13)22(20,21)19-12-2-3-17(19)14-6-8-15(18)9-7-14/h2-11,17H,12H2,1H3. The van der Waals surface area contributed by atoms with E-state index in [1.165, 1.54) is 4.31 Å². The highest BCUT2D eigenvalue weighted by molar-refractivity contribution is 7.89. The van der Waals surface area contributed by atoms with E-state index in [9.17, 15) is 8.42 Å². The Labute approximate surface area is 135 Å². The maximum Gasteiger partial charge on any atom is 0.244 e. The van der Waals surface area contributed by atoms with Crippen LogP contribution in [0.15, 0.2) is 65.6 Å². The molecule has 5 heteroatoms. The number of sulfonamides is 1. The Morgan fingerprint density at radius 1 is 1.05 bits per heavy atom. The number of halogens is 1. The fraction of sp³-hybridized carbons (Fsp3) is 0.176. The van der Waals surface area contributed by atoms with Crippen molar-refractivity contribution in [1.82, 2.24) is 4.31 Å². The van der Waals surface area contributed by atoms with E-state index >= 15 is 0 Å². The Morgan fingerprint density at radius 3 is 2.32 bits per heavy atom. The molecular weight excluding hydrogens is 318 g/mol. The number of rotatable bonds is 3. The van der Waals surface area contributed by atoms with E-state index < -0.39 is 10.0 Å². The van der Waals surface area contributed by atoms with Gasteiger partial charge in [-0.2, -0.15) is 4.31 Å². The van der Waals surface area contributed by atoms with E-state index in [2.05, 4.69) is 0 Å². The molecule has 114 valence electrons. The second-order valence-electron chi connectivity index (χ2n) is 5.31. The topological polar surface area (TPSA) is 37.4 Å². The Hall–Kier alpha value is -1.62. The summed E-state index contributed by atoms with van der Waals surface area (Å²) in [5.74, 6) is 0. The molecule has 0 radical (unpaired) electrons. The van der Waals surface area contributed by atoms with E-state index in [0.29, 0.717) is 16.5 Å². The molecule has 1 heterocycles. The molecule has 3 nitrogen and oxygen atoms in total. The molecule has 22 heavy (non-hydrogen) atoms. The van der Waals surface area contributed by atoms with Crippen LogP contribution in [0.25, 0.3) is 0 Å². The molecule has 0 aromatic heterocycles. The second kappa shape index (κ2) is 5.88. The molecule has 0 amide bonds. The van der Waals surface area contributed by atoms with Crippen LogP contribution in [0.2, 0.25) is 5.02 Å². The minimum atomic E-state index is -3.53. The summed E-state index contributed by atoms with van der Waals surface area (Å²) in [5, 5.41) is 0.638. The lowest BCUT2D eigenvalue weighted by molar-refractivity contribution is 0.418. The van der Waals surface area contributed by atoms with Crippen LogP contribution >= 0.6 is 11.6 Å². The molecule has 0 fully saturated rings. The first-order chi connectivity index (χ1) is 10.5. The highest BCUT2D eigenvalue weighted by Crippen LogP contribution is 2.32. The summed E-state index contributed by atoms with van der Waals surface area (Å²) in [4.78, 5) is 0.320. The van der Waals surface area contributed by atoms with Gasteiger partial charge in [0, 0.05) is 11.6 Å². The highest BCUT2D eigenvalue weighted by Gasteiger charge is 2.33. The SMILES string of the molecule is Cc1ccc(S(=O)(=O)N2CC=CC2c2ccc(Cl)cc2)cc1. The number of hydrogen-bond donors (Lipinski definition) is 0. The summed E-state index contributed by atoms with van der Waals surface area (Å²) in [7, 11) is -3.53. The first-order valence-electron chi connectivity index (χ1n) is 6.99. The zero-order valence-electron chi connectivity index (χ0n) is 12.1. The predicted octanol–water partition coefficient (Wildman–Crippen LogP) is 3.95. The highest BCUT2D eigenvalue weighted by atomic mass is 35.5. The largest absolute Gasteiger partial charge is 0.244 e. The van der Waals surface area contributed by atoms with Crippen LogP contribution < -0.4 is 0 Å². The van der Waals surface area contributed by atoms with E-state index in [1.54, 1.807) is 24.3 Å². The Morgan fingerprint density at radius 2 is 1.68 bits per heavy atom. The van der Waals surface area contributed by atoms with E-state index in [4.69, 9.17) is 11.6 Å². The quantitative estimate of drug-likeness (QED) is 0.797. The Bertz CT molecular complexity index is 796. The monoisotopic (exact) mass is 333 g/mol. The number of hydrogen-bond acceptors (Lipinski definition) is 2. The van der Waals surface area contributed by atoms with Gasteiger partial charge in [0.1, 0.15) is 0 Å². The van der Waals surface area contributed by atoms with Crippen molar-refractivity contribution in [3.05, 3.63) is 76.8 Å². The molecule has 0 saturated heterocycles. The van der Waals surface area contributed by atoms with Crippen LogP contribution in [0.4, 0.5) is 0 Å². The molecule has 2 aromatic rings. The molecule has 0 saturated carbocycles. The van der Waals surface area contributed by atoms with Crippen LogP contribution in [0.5, 0.6) is 0 Å². The number of aryl methyl sites for hydroxylation is 1. The van der Waals surface area contributed by atoms with Gasteiger partial charge in [-0.05, 0) is 36.8 Å². The first-order valence-corrected chi connectivity index (χ1v) is 8.81. The molecule has 1 atom stereocenters. The van der Waals surface area contributed by atoms with Gasteiger partial charge in [-0.25, -0.2) is 8.42 Å². The molecule has 0 spiro atoms. The summed E-state index contributed by atoms with van der Waals surface area (Å²) in [6.45, 7) is 2.31. The van der Waals surface area contributed by atoms with E-state index in [-0.39, 0.29) is 6.04 Å². The zero-order valence-corrected chi connectivity index (χ0v) is 13.7. The van der Waals surface area contributed by atoms with E-state index in [1.807, 2.05) is 43.3 Å². The molecule has 1 unspecified atom stereocenters. The van der Waals surface area contributed by atoms with Crippen LogP contribution in [0, 0.1) is 6.92 Å². The van der Waals surface area contributed by atoms with Crippen LogP contribution in [-0.4, -0.2) is 19.3 Å².